The zero-order valence-corrected chi connectivity index (χ0v) is 16.6. The first kappa shape index (κ1) is 18.9. The molecular formula is C21H23N3O5. The van der Waals surface area contributed by atoms with Crippen molar-refractivity contribution >= 4 is 11.9 Å². The van der Waals surface area contributed by atoms with E-state index >= 15 is 0 Å². The van der Waals surface area contributed by atoms with E-state index in [0.717, 1.165) is 5.56 Å². The maximum absolute atomic E-state index is 13.1. The Morgan fingerprint density at radius 3 is 2.66 bits per heavy atom. The maximum Gasteiger partial charge on any atom is 0.322 e. The Balaban J connectivity index is 1.52. The van der Waals surface area contributed by atoms with Gasteiger partial charge in [0.05, 0.1) is 38.3 Å². The van der Waals surface area contributed by atoms with Gasteiger partial charge < -0.3 is 24.1 Å². The van der Waals surface area contributed by atoms with E-state index in [-0.39, 0.29) is 11.9 Å². The van der Waals surface area contributed by atoms with Crippen molar-refractivity contribution in [3.05, 3.63) is 59.2 Å². The van der Waals surface area contributed by atoms with Gasteiger partial charge in [0, 0.05) is 13.6 Å². The molecule has 0 radical (unpaired) electrons. The lowest BCUT2D eigenvalue weighted by atomic mass is 10.0. The van der Waals surface area contributed by atoms with Crippen molar-refractivity contribution in [2.24, 2.45) is 0 Å². The summed E-state index contributed by atoms with van der Waals surface area (Å²) in [6, 6.07) is 8.41. The molecule has 0 spiro atoms. The fourth-order valence-electron chi connectivity index (χ4n) is 3.77. The smallest absolute Gasteiger partial charge is 0.322 e. The Bertz CT molecular complexity index is 967. The summed E-state index contributed by atoms with van der Waals surface area (Å²) < 4.78 is 16.1. The van der Waals surface area contributed by atoms with Crippen LogP contribution in [0.3, 0.4) is 0 Å². The monoisotopic (exact) mass is 397 g/mol. The molecule has 0 bridgehead atoms. The van der Waals surface area contributed by atoms with Gasteiger partial charge in [-0.2, -0.15) is 0 Å². The fraction of sp³-hybridized carbons (Fsp3) is 0.333. The van der Waals surface area contributed by atoms with Gasteiger partial charge in [-0.1, -0.05) is 6.07 Å². The summed E-state index contributed by atoms with van der Waals surface area (Å²) in [5.41, 5.74) is 2.31. The van der Waals surface area contributed by atoms with Crippen molar-refractivity contribution < 1.29 is 23.5 Å². The molecule has 4 rings (SSSR count). The van der Waals surface area contributed by atoms with E-state index in [1.165, 1.54) is 11.2 Å². The summed E-state index contributed by atoms with van der Waals surface area (Å²) in [6.45, 7) is 0.913. The first-order valence-corrected chi connectivity index (χ1v) is 9.34. The molecule has 0 saturated carbocycles. The van der Waals surface area contributed by atoms with Crippen LogP contribution in [-0.4, -0.2) is 56.1 Å². The summed E-state index contributed by atoms with van der Waals surface area (Å²) in [6.07, 6.45) is 2.19. The number of carbonyl (C=O) groups excluding carboxylic acids is 2. The second kappa shape index (κ2) is 7.54. The molecule has 152 valence electrons. The number of carbonyl (C=O) groups is 2. The molecule has 1 atom stereocenters. The quantitative estimate of drug-likeness (QED) is 0.809. The number of benzene rings is 1. The minimum absolute atomic E-state index is 0.0891. The van der Waals surface area contributed by atoms with Gasteiger partial charge in [-0.3, -0.25) is 9.69 Å². The highest BCUT2D eigenvalue weighted by Gasteiger charge is 2.43. The molecule has 3 heterocycles. The van der Waals surface area contributed by atoms with Crippen LogP contribution in [0.4, 0.5) is 4.79 Å². The Hall–Kier alpha value is -3.42. The fourth-order valence-corrected chi connectivity index (χ4v) is 3.77. The minimum Gasteiger partial charge on any atom is -0.493 e. The van der Waals surface area contributed by atoms with Crippen LogP contribution < -0.4 is 14.8 Å². The number of hydrogen-bond donors (Lipinski definition) is 1. The standard InChI is InChI=1S/C21H23N3O5/c1-23-14-12-24(9-8-13-6-7-15(27-2)17(11-13)28-3)20(25)18(14)19(22-21(23)26)16-5-4-10-29-16/h4-7,10-11,19H,8-9,12H2,1-3H3,(H,22,26). The number of rotatable bonds is 6. The van der Waals surface area contributed by atoms with Crippen molar-refractivity contribution in [2.45, 2.75) is 12.5 Å². The lowest BCUT2D eigenvalue weighted by Gasteiger charge is -2.29. The van der Waals surface area contributed by atoms with Crippen LogP contribution in [0.5, 0.6) is 11.5 Å². The van der Waals surface area contributed by atoms with E-state index in [2.05, 4.69) is 5.32 Å². The van der Waals surface area contributed by atoms with Crippen LogP contribution >= 0.6 is 0 Å². The van der Waals surface area contributed by atoms with E-state index in [9.17, 15) is 9.59 Å². The van der Waals surface area contributed by atoms with E-state index < -0.39 is 6.04 Å². The predicted molar refractivity (Wildman–Crippen MR) is 105 cm³/mol. The van der Waals surface area contributed by atoms with Crippen LogP contribution in [0.1, 0.15) is 17.4 Å². The summed E-state index contributed by atoms with van der Waals surface area (Å²) in [7, 11) is 4.87. The van der Waals surface area contributed by atoms with Gasteiger partial charge in [-0.15, -0.1) is 0 Å². The van der Waals surface area contributed by atoms with Crippen LogP contribution in [0.2, 0.25) is 0 Å². The number of nitrogens with one attached hydrogen (secondary N) is 1. The number of ether oxygens (including phenoxy) is 2. The molecule has 3 amide bonds. The molecule has 2 aliphatic heterocycles. The van der Waals surface area contributed by atoms with Gasteiger partial charge in [-0.25, -0.2) is 4.79 Å². The van der Waals surface area contributed by atoms with Crippen molar-refractivity contribution in [3.63, 3.8) is 0 Å². The van der Waals surface area contributed by atoms with Crippen LogP contribution in [0.15, 0.2) is 52.3 Å². The highest BCUT2D eigenvalue weighted by Crippen LogP contribution is 2.36. The van der Waals surface area contributed by atoms with Gasteiger partial charge in [0.1, 0.15) is 11.8 Å². The molecule has 8 heteroatoms. The second-order valence-corrected chi connectivity index (χ2v) is 6.98. The molecule has 0 aliphatic carbocycles. The van der Waals surface area contributed by atoms with Gasteiger partial charge in [0.25, 0.3) is 5.91 Å². The molecule has 1 unspecified atom stereocenters. The number of hydrogen-bond acceptors (Lipinski definition) is 5. The van der Waals surface area contributed by atoms with Gasteiger partial charge in [-0.05, 0) is 36.2 Å². The van der Waals surface area contributed by atoms with Crippen LogP contribution in [0.25, 0.3) is 0 Å². The highest BCUT2D eigenvalue weighted by atomic mass is 16.5. The van der Waals surface area contributed by atoms with E-state index in [1.54, 1.807) is 38.3 Å². The van der Waals surface area contributed by atoms with Crippen molar-refractivity contribution in [3.8, 4) is 11.5 Å². The average molecular weight is 397 g/mol. The lowest BCUT2D eigenvalue weighted by molar-refractivity contribution is -0.125. The van der Waals surface area contributed by atoms with E-state index in [0.29, 0.717) is 48.0 Å². The molecule has 8 nitrogen and oxygen atoms in total. The molecule has 0 saturated heterocycles. The summed E-state index contributed by atoms with van der Waals surface area (Å²) in [5.74, 6) is 1.78. The Labute approximate surface area is 168 Å². The molecule has 0 fully saturated rings. The average Bonchev–Trinajstić information content (AvgIpc) is 3.38. The number of furan rings is 1. The largest absolute Gasteiger partial charge is 0.493 e. The maximum atomic E-state index is 13.1. The third-order valence-corrected chi connectivity index (χ3v) is 5.38. The number of likely N-dealkylation sites (N-methyl/N-ethyl adjacent to an activating group) is 1. The minimum atomic E-state index is -0.567. The zero-order valence-electron chi connectivity index (χ0n) is 16.6. The van der Waals surface area contributed by atoms with E-state index in [1.807, 2.05) is 18.2 Å². The zero-order chi connectivity index (χ0) is 20.5. The molecule has 1 aromatic heterocycles. The molecule has 2 aromatic rings. The third kappa shape index (κ3) is 3.30. The summed E-state index contributed by atoms with van der Waals surface area (Å²) in [5, 5.41) is 2.85. The molecule has 1 N–H and O–H groups in total. The molecule has 2 aliphatic rings. The Morgan fingerprint density at radius 2 is 1.97 bits per heavy atom. The summed E-state index contributed by atoms with van der Waals surface area (Å²) in [4.78, 5) is 28.8. The molecule has 1 aromatic carbocycles. The Kier molecular flexibility index (Phi) is 4.92. The van der Waals surface area contributed by atoms with Gasteiger partial charge in [0.15, 0.2) is 11.5 Å². The van der Waals surface area contributed by atoms with Gasteiger partial charge >= 0.3 is 6.03 Å². The first-order valence-electron chi connectivity index (χ1n) is 9.34. The number of nitrogens with zero attached hydrogens (tertiary/aromatic N) is 2. The number of amides is 3. The lowest BCUT2D eigenvalue weighted by Crippen LogP contribution is -2.45. The predicted octanol–water partition coefficient (Wildman–Crippen LogP) is 2.33. The molecule has 29 heavy (non-hydrogen) atoms. The first-order chi connectivity index (χ1) is 14.0. The van der Waals surface area contributed by atoms with Crippen molar-refractivity contribution in [2.75, 3.05) is 34.4 Å². The summed E-state index contributed by atoms with van der Waals surface area (Å²) >= 11 is 0. The number of methoxy groups -OCH3 is 2. The third-order valence-electron chi connectivity index (χ3n) is 5.38. The Morgan fingerprint density at radius 1 is 1.17 bits per heavy atom. The second-order valence-electron chi connectivity index (χ2n) is 6.98. The molecular weight excluding hydrogens is 374 g/mol. The van der Waals surface area contributed by atoms with Crippen LogP contribution in [-0.2, 0) is 11.2 Å². The van der Waals surface area contributed by atoms with Crippen molar-refractivity contribution in [1.29, 1.82) is 0 Å². The normalized spacial score (nSPS) is 18.8. The van der Waals surface area contributed by atoms with Crippen LogP contribution in [0, 0.1) is 0 Å². The van der Waals surface area contributed by atoms with E-state index in [4.69, 9.17) is 13.9 Å². The topological polar surface area (TPSA) is 84.2 Å². The van der Waals surface area contributed by atoms with Gasteiger partial charge in [0.2, 0.25) is 0 Å². The number of urea groups is 1. The van der Waals surface area contributed by atoms with Crippen molar-refractivity contribution in [1.82, 2.24) is 15.1 Å². The SMILES string of the molecule is COc1ccc(CCN2CC3=C(C2=O)C(c2ccco2)NC(=O)N3C)cc1OC. The highest BCUT2D eigenvalue weighted by molar-refractivity contribution is 6.01.